The normalized spacial score (nSPS) is 21.0. The van der Waals surface area contributed by atoms with E-state index in [1.807, 2.05) is 5.32 Å². The van der Waals surface area contributed by atoms with Gasteiger partial charge in [0.2, 0.25) is 5.54 Å². The van der Waals surface area contributed by atoms with Crippen molar-refractivity contribution < 1.29 is 18.0 Å². The van der Waals surface area contributed by atoms with Gasteiger partial charge in [0.05, 0.1) is 0 Å². The minimum Gasteiger partial charge on any atom is -0.310 e. The molecule has 0 aliphatic carbocycles. The number of urea groups is 1. The van der Waals surface area contributed by atoms with E-state index in [9.17, 15) is 18.0 Å². The van der Waals surface area contributed by atoms with E-state index >= 15 is 0 Å². The van der Waals surface area contributed by atoms with Gasteiger partial charge in [0.25, 0.3) is 0 Å². The van der Waals surface area contributed by atoms with Crippen LogP contribution in [0.3, 0.4) is 0 Å². The first-order valence-corrected chi connectivity index (χ1v) is 6.52. The predicted molar refractivity (Wildman–Crippen MR) is 74.0 cm³/mol. The van der Waals surface area contributed by atoms with Crippen LogP contribution in [0.2, 0.25) is 5.02 Å². The fraction of sp³-hybridized carbons (Fsp3) is 0.357. The molecule has 21 heavy (non-hydrogen) atoms. The zero-order valence-corrected chi connectivity index (χ0v) is 12.0. The third kappa shape index (κ3) is 2.79. The highest BCUT2D eigenvalue weighted by Gasteiger charge is 2.59. The number of anilines is 1. The number of nitrogens with one attached hydrogen (secondary N) is 2. The highest BCUT2D eigenvalue weighted by molar-refractivity contribution is 6.30. The quantitative estimate of drug-likeness (QED) is 0.700. The van der Waals surface area contributed by atoms with Gasteiger partial charge >= 0.3 is 12.2 Å². The monoisotopic (exact) mass is 316 g/mol. The third-order valence-electron chi connectivity index (χ3n) is 2.91. The summed E-state index contributed by atoms with van der Waals surface area (Å²) in [5, 5.41) is 4.36. The van der Waals surface area contributed by atoms with E-state index in [-0.39, 0.29) is 22.2 Å². The Hall–Kier alpha value is -1.87. The van der Waals surface area contributed by atoms with Gasteiger partial charge < -0.3 is 10.6 Å². The second kappa shape index (κ2) is 5.15. The number of amides is 2. The maximum absolute atomic E-state index is 13.6. The zero-order chi connectivity index (χ0) is 15.8. The molecule has 1 aliphatic rings. The fourth-order valence-corrected chi connectivity index (χ4v) is 2.14. The maximum Gasteiger partial charge on any atom is 0.427 e. The minimum absolute atomic E-state index is 0.0403. The summed E-state index contributed by atoms with van der Waals surface area (Å²) in [7, 11) is 0. The lowest BCUT2D eigenvalue weighted by Gasteiger charge is -2.37. The summed E-state index contributed by atoms with van der Waals surface area (Å²) in [6.07, 6.45) is -4.79. The summed E-state index contributed by atoms with van der Waals surface area (Å²) in [5.41, 5.74) is -2.94. The van der Waals surface area contributed by atoms with Gasteiger partial charge in [0, 0.05) is 22.2 Å². The number of benzene rings is 1. The van der Waals surface area contributed by atoms with E-state index in [1.165, 1.54) is 12.1 Å². The van der Waals surface area contributed by atoms with Crippen molar-refractivity contribution in [2.75, 3.05) is 5.32 Å². The van der Waals surface area contributed by atoms with Crippen LogP contribution >= 0.6 is 11.6 Å². The Morgan fingerprint density at radius 1 is 1.33 bits per heavy atom. The van der Waals surface area contributed by atoms with Crippen molar-refractivity contribution in [1.82, 2.24) is 5.32 Å². The summed E-state index contributed by atoms with van der Waals surface area (Å²) in [4.78, 5) is 11.6. The highest BCUT2D eigenvalue weighted by atomic mass is 35.5. The van der Waals surface area contributed by atoms with Crippen LogP contribution in [0.5, 0.6) is 0 Å². The van der Waals surface area contributed by atoms with E-state index in [2.05, 4.69) is 17.2 Å². The van der Waals surface area contributed by atoms with Crippen molar-refractivity contribution >= 4 is 23.3 Å². The van der Waals surface area contributed by atoms with Gasteiger partial charge in [-0.3, -0.25) is 0 Å². The number of carbonyl (C=O) groups is 1. The molecular weight excluding hydrogens is 305 g/mol. The zero-order valence-electron chi connectivity index (χ0n) is 11.2. The van der Waals surface area contributed by atoms with Crippen molar-refractivity contribution in [3.8, 4) is 11.8 Å². The summed E-state index contributed by atoms with van der Waals surface area (Å²) >= 11 is 5.80. The molecule has 1 aromatic rings. The SMILES string of the molecule is CC(C)C#C[C@]1(C(F)(F)F)NC(=O)Nc2ccc(Cl)cc21. The molecule has 0 fully saturated rings. The van der Waals surface area contributed by atoms with Crippen molar-refractivity contribution in [3.63, 3.8) is 0 Å². The van der Waals surface area contributed by atoms with Gasteiger partial charge in [-0.25, -0.2) is 4.79 Å². The molecule has 2 rings (SSSR count). The molecule has 1 atom stereocenters. The molecule has 0 spiro atoms. The minimum atomic E-state index is -4.79. The highest BCUT2D eigenvalue weighted by Crippen LogP contribution is 2.44. The summed E-state index contributed by atoms with van der Waals surface area (Å²) < 4.78 is 40.9. The van der Waals surface area contributed by atoms with E-state index in [1.54, 1.807) is 13.8 Å². The first-order valence-electron chi connectivity index (χ1n) is 6.14. The van der Waals surface area contributed by atoms with Crippen molar-refractivity contribution in [1.29, 1.82) is 0 Å². The summed E-state index contributed by atoms with van der Waals surface area (Å²) in [5.74, 6) is 4.39. The van der Waals surface area contributed by atoms with Crippen LogP contribution in [0, 0.1) is 17.8 Å². The standard InChI is InChI=1S/C14H12ClF3N2O/c1-8(2)5-6-13(14(16,17)18)10-7-9(15)3-4-11(10)19-12(21)20-13/h3-4,7-8H,1-2H3,(H2,19,20,21)/t13-/m0/s1. The molecule has 3 nitrogen and oxygen atoms in total. The predicted octanol–water partition coefficient (Wildman–Crippen LogP) is 3.89. The largest absolute Gasteiger partial charge is 0.427 e. The lowest BCUT2D eigenvalue weighted by Crippen LogP contribution is -2.59. The Kier molecular flexibility index (Phi) is 3.81. The molecule has 0 saturated carbocycles. The van der Waals surface area contributed by atoms with Crippen molar-refractivity contribution in [2.24, 2.45) is 5.92 Å². The molecule has 2 amide bonds. The first kappa shape index (κ1) is 15.5. The molecule has 0 radical (unpaired) electrons. The fourth-order valence-electron chi connectivity index (χ4n) is 1.97. The molecule has 0 bridgehead atoms. The molecule has 112 valence electrons. The van der Waals surface area contributed by atoms with Gasteiger partial charge in [-0.1, -0.05) is 37.3 Å². The molecule has 1 heterocycles. The van der Waals surface area contributed by atoms with Crippen LogP contribution < -0.4 is 10.6 Å². The summed E-state index contributed by atoms with van der Waals surface area (Å²) in [6.45, 7) is 3.33. The molecule has 7 heteroatoms. The molecule has 0 aromatic heterocycles. The molecular formula is C14H12ClF3N2O. The second-order valence-corrected chi connectivity index (χ2v) is 5.38. The Morgan fingerprint density at radius 3 is 2.57 bits per heavy atom. The van der Waals surface area contributed by atoms with Crippen molar-refractivity contribution in [3.05, 3.63) is 28.8 Å². The van der Waals surface area contributed by atoms with Crippen LogP contribution in [0.15, 0.2) is 18.2 Å². The average Bonchev–Trinajstić information content (AvgIpc) is 2.35. The van der Waals surface area contributed by atoms with E-state index < -0.39 is 17.7 Å². The van der Waals surface area contributed by atoms with Crippen LogP contribution in [-0.4, -0.2) is 12.2 Å². The number of carbonyl (C=O) groups excluding carboxylic acids is 1. The smallest absolute Gasteiger partial charge is 0.310 e. The van der Waals surface area contributed by atoms with Crippen LogP contribution in [-0.2, 0) is 5.54 Å². The lowest BCUT2D eigenvalue weighted by molar-refractivity contribution is -0.178. The van der Waals surface area contributed by atoms with Gasteiger partial charge in [0.15, 0.2) is 0 Å². The number of fused-ring (bicyclic) bond motifs is 1. The number of alkyl halides is 3. The molecule has 1 aromatic carbocycles. The van der Waals surface area contributed by atoms with Crippen LogP contribution in [0.25, 0.3) is 0 Å². The van der Waals surface area contributed by atoms with E-state index in [0.29, 0.717) is 0 Å². The van der Waals surface area contributed by atoms with Crippen molar-refractivity contribution in [2.45, 2.75) is 25.6 Å². The molecule has 0 saturated heterocycles. The maximum atomic E-state index is 13.6. The van der Waals surface area contributed by atoms with Crippen LogP contribution in [0.4, 0.5) is 23.7 Å². The Balaban J connectivity index is 2.75. The Labute approximate surface area is 124 Å². The van der Waals surface area contributed by atoms with E-state index in [0.717, 1.165) is 6.07 Å². The Morgan fingerprint density at radius 2 is 2.00 bits per heavy atom. The Bertz CT molecular complexity index is 646. The molecule has 0 unspecified atom stereocenters. The van der Waals surface area contributed by atoms with Gasteiger partial charge in [-0.2, -0.15) is 13.2 Å². The topological polar surface area (TPSA) is 41.1 Å². The molecule has 1 aliphatic heterocycles. The molecule has 2 N–H and O–H groups in total. The number of rotatable bonds is 0. The van der Waals surface area contributed by atoms with E-state index in [4.69, 9.17) is 11.6 Å². The van der Waals surface area contributed by atoms with Crippen LogP contribution in [0.1, 0.15) is 19.4 Å². The van der Waals surface area contributed by atoms with Gasteiger partial charge in [-0.05, 0) is 18.2 Å². The average molecular weight is 317 g/mol. The number of hydrogen-bond acceptors (Lipinski definition) is 1. The lowest BCUT2D eigenvalue weighted by atomic mass is 9.86. The van der Waals surface area contributed by atoms with Gasteiger partial charge in [0.1, 0.15) is 0 Å². The van der Waals surface area contributed by atoms with Gasteiger partial charge in [-0.15, -0.1) is 0 Å². The first-order chi connectivity index (χ1) is 9.65. The second-order valence-electron chi connectivity index (χ2n) is 4.94. The third-order valence-corrected chi connectivity index (χ3v) is 3.14. The summed E-state index contributed by atoms with van der Waals surface area (Å²) in [6, 6.07) is 2.93. The number of hydrogen-bond donors (Lipinski definition) is 2. The number of halogens is 4.